The fourth-order valence-corrected chi connectivity index (χ4v) is 2.78. The lowest BCUT2D eigenvalue weighted by molar-refractivity contribution is -0.143. The monoisotopic (exact) mass is 373 g/mol. The van der Waals surface area contributed by atoms with Crippen molar-refractivity contribution in [2.75, 3.05) is 13.2 Å². The van der Waals surface area contributed by atoms with E-state index in [9.17, 15) is 9.59 Å². The maximum absolute atomic E-state index is 13.0. The summed E-state index contributed by atoms with van der Waals surface area (Å²) in [4.78, 5) is 26.2. The number of carbonyl (C=O) groups is 2. The topological polar surface area (TPSA) is 46.6 Å². The molecule has 0 saturated carbocycles. The van der Waals surface area contributed by atoms with E-state index in [1.54, 1.807) is 30.0 Å². The second-order valence-corrected chi connectivity index (χ2v) is 7.00. The van der Waals surface area contributed by atoms with E-state index in [2.05, 4.69) is 0 Å². The maximum atomic E-state index is 13.0. The van der Waals surface area contributed by atoms with Gasteiger partial charge < -0.3 is 9.64 Å². The zero-order chi connectivity index (χ0) is 18.3. The molecule has 6 heteroatoms. The second kappa shape index (κ2) is 9.28. The molecule has 1 rings (SSSR count). The lowest BCUT2D eigenvalue weighted by atomic mass is 9.97. The molecule has 0 atom stereocenters. The summed E-state index contributed by atoms with van der Waals surface area (Å²) in [5.41, 5.74) is 0.0630. The van der Waals surface area contributed by atoms with Crippen LogP contribution >= 0.6 is 23.2 Å². The fourth-order valence-electron chi connectivity index (χ4n) is 2.29. The van der Waals surface area contributed by atoms with Crippen LogP contribution in [-0.4, -0.2) is 35.5 Å². The molecule has 0 unspecified atom stereocenters. The molecule has 24 heavy (non-hydrogen) atoms. The van der Waals surface area contributed by atoms with Crippen molar-refractivity contribution < 1.29 is 14.3 Å². The van der Waals surface area contributed by atoms with Crippen molar-refractivity contribution >= 4 is 35.1 Å². The number of benzene rings is 1. The van der Waals surface area contributed by atoms with Crippen molar-refractivity contribution in [2.45, 2.75) is 52.5 Å². The van der Waals surface area contributed by atoms with Gasteiger partial charge in [-0.2, -0.15) is 0 Å². The molecule has 0 aliphatic heterocycles. The van der Waals surface area contributed by atoms with Crippen LogP contribution in [0, 0.1) is 0 Å². The van der Waals surface area contributed by atoms with Crippen LogP contribution in [0.15, 0.2) is 18.2 Å². The lowest BCUT2D eigenvalue weighted by Gasteiger charge is -2.38. The van der Waals surface area contributed by atoms with Crippen LogP contribution in [0.3, 0.4) is 0 Å². The molecule has 0 radical (unpaired) electrons. The maximum Gasteiger partial charge on any atom is 0.305 e. The minimum absolute atomic E-state index is 0.160. The van der Waals surface area contributed by atoms with Gasteiger partial charge in [0.2, 0.25) is 0 Å². The number of nitrogens with zero attached hydrogens (tertiary/aromatic N) is 1. The molecule has 134 valence electrons. The SMILES string of the molecule is CCOC(=O)CCCN(C(=O)c1ccc(Cl)cc1Cl)C(C)(C)CC. The molecular formula is C18H25Cl2NO3. The van der Waals surface area contributed by atoms with E-state index >= 15 is 0 Å². The van der Waals surface area contributed by atoms with Crippen molar-refractivity contribution in [1.82, 2.24) is 4.90 Å². The Balaban J connectivity index is 2.93. The van der Waals surface area contributed by atoms with Gasteiger partial charge in [0.1, 0.15) is 0 Å². The molecule has 0 aromatic heterocycles. The summed E-state index contributed by atoms with van der Waals surface area (Å²) in [7, 11) is 0. The smallest absolute Gasteiger partial charge is 0.305 e. The predicted octanol–water partition coefficient (Wildman–Crippen LogP) is 4.97. The van der Waals surface area contributed by atoms with E-state index in [1.807, 2.05) is 20.8 Å². The Labute approximate surface area is 154 Å². The van der Waals surface area contributed by atoms with Gasteiger partial charge in [-0.15, -0.1) is 0 Å². The lowest BCUT2D eigenvalue weighted by Crippen LogP contribution is -2.48. The summed E-state index contributed by atoms with van der Waals surface area (Å²) >= 11 is 12.1. The third-order valence-electron chi connectivity index (χ3n) is 4.07. The highest BCUT2D eigenvalue weighted by Gasteiger charge is 2.30. The van der Waals surface area contributed by atoms with Gasteiger partial charge in [0, 0.05) is 23.5 Å². The molecule has 4 nitrogen and oxygen atoms in total. The highest BCUT2D eigenvalue weighted by Crippen LogP contribution is 2.27. The first kappa shape index (κ1) is 20.8. The molecule has 0 aliphatic carbocycles. The first-order chi connectivity index (χ1) is 11.2. The van der Waals surface area contributed by atoms with Crippen molar-refractivity contribution in [3.05, 3.63) is 33.8 Å². The Bertz CT molecular complexity index is 588. The number of amides is 1. The quantitative estimate of drug-likeness (QED) is 0.604. The Kier molecular flexibility index (Phi) is 8.04. The van der Waals surface area contributed by atoms with E-state index in [4.69, 9.17) is 27.9 Å². The van der Waals surface area contributed by atoms with Crippen LogP contribution in [-0.2, 0) is 9.53 Å². The summed E-state index contributed by atoms with van der Waals surface area (Å²) in [5, 5.41) is 0.815. The highest BCUT2D eigenvalue weighted by molar-refractivity contribution is 6.36. The Morgan fingerprint density at radius 3 is 2.42 bits per heavy atom. The molecule has 0 fully saturated rings. The number of hydrogen-bond acceptors (Lipinski definition) is 3. The largest absolute Gasteiger partial charge is 0.466 e. The average molecular weight is 374 g/mol. The van der Waals surface area contributed by atoms with Crippen molar-refractivity contribution in [2.24, 2.45) is 0 Å². The van der Waals surface area contributed by atoms with Crippen LogP contribution in [0.2, 0.25) is 10.0 Å². The molecule has 1 aromatic rings. The molecule has 0 heterocycles. The summed E-state index contributed by atoms with van der Waals surface area (Å²) in [5.74, 6) is -0.406. The third kappa shape index (κ3) is 5.67. The Hall–Kier alpha value is -1.26. The Morgan fingerprint density at radius 1 is 1.21 bits per heavy atom. The summed E-state index contributed by atoms with van der Waals surface area (Å²) < 4.78 is 4.93. The van der Waals surface area contributed by atoms with Gasteiger partial charge in [0.15, 0.2) is 0 Å². The minimum Gasteiger partial charge on any atom is -0.466 e. The number of esters is 1. The van der Waals surface area contributed by atoms with Gasteiger partial charge in [0.05, 0.1) is 17.2 Å². The van der Waals surface area contributed by atoms with Crippen LogP contribution < -0.4 is 0 Å². The van der Waals surface area contributed by atoms with E-state index in [-0.39, 0.29) is 23.8 Å². The number of hydrogen-bond donors (Lipinski definition) is 0. The van der Waals surface area contributed by atoms with Crippen LogP contribution in [0.4, 0.5) is 0 Å². The van der Waals surface area contributed by atoms with E-state index < -0.39 is 0 Å². The molecule has 1 aromatic carbocycles. The zero-order valence-corrected chi connectivity index (χ0v) is 16.2. The standard InChI is InChI=1S/C18H25Cl2NO3/c1-5-18(3,4)21(11-7-8-16(22)24-6-2)17(23)14-10-9-13(19)12-15(14)20/h9-10,12H,5-8,11H2,1-4H3. The van der Waals surface area contributed by atoms with E-state index in [0.717, 1.165) is 6.42 Å². The van der Waals surface area contributed by atoms with E-state index in [0.29, 0.717) is 35.2 Å². The van der Waals surface area contributed by atoms with Crippen LogP contribution in [0.5, 0.6) is 0 Å². The number of halogens is 2. The number of ether oxygens (including phenoxy) is 1. The molecule has 0 aliphatic rings. The molecule has 0 saturated heterocycles. The normalized spacial score (nSPS) is 11.2. The summed E-state index contributed by atoms with van der Waals surface area (Å²) in [6, 6.07) is 4.85. The van der Waals surface area contributed by atoms with Crippen molar-refractivity contribution in [1.29, 1.82) is 0 Å². The van der Waals surface area contributed by atoms with Gasteiger partial charge in [-0.25, -0.2) is 0 Å². The highest BCUT2D eigenvalue weighted by atomic mass is 35.5. The predicted molar refractivity (Wildman–Crippen MR) is 97.7 cm³/mol. The average Bonchev–Trinajstić information content (AvgIpc) is 2.51. The van der Waals surface area contributed by atoms with Gasteiger partial charge in [-0.3, -0.25) is 9.59 Å². The molecule has 0 bridgehead atoms. The minimum atomic E-state index is -0.352. The Morgan fingerprint density at radius 2 is 1.88 bits per heavy atom. The van der Waals surface area contributed by atoms with Crippen molar-refractivity contribution in [3.8, 4) is 0 Å². The van der Waals surface area contributed by atoms with Crippen molar-refractivity contribution in [3.63, 3.8) is 0 Å². The summed E-state index contributed by atoms with van der Waals surface area (Å²) in [6.07, 6.45) is 1.61. The number of rotatable bonds is 8. The van der Waals surface area contributed by atoms with Gasteiger partial charge >= 0.3 is 5.97 Å². The van der Waals surface area contributed by atoms with Gasteiger partial charge in [-0.05, 0) is 51.8 Å². The molecule has 0 N–H and O–H groups in total. The fraction of sp³-hybridized carbons (Fsp3) is 0.556. The van der Waals surface area contributed by atoms with Gasteiger partial charge in [-0.1, -0.05) is 30.1 Å². The number of carbonyl (C=O) groups excluding carboxylic acids is 2. The zero-order valence-electron chi connectivity index (χ0n) is 14.7. The molecule has 0 spiro atoms. The van der Waals surface area contributed by atoms with Crippen LogP contribution in [0.25, 0.3) is 0 Å². The van der Waals surface area contributed by atoms with E-state index in [1.165, 1.54) is 0 Å². The van der Waals surface area contributed by atoms with Gasteiger partial charge in [0.25, 0.3) is 5.91 Å². The first-order valence-corrected chi connectivity index (χ1v) is 8.91. The summed E-state index contributed by atoms with van der Waals surface area (Å²) in [6.45, 7) is 8.61. The first-order valence-electron chi connectivity index (χ1n) is 8.15. The van der Waals surface area contributed by atoms with Crippen LogP contribution in [0.1, 0.15) is 57.3 Å². The third-order valence-corrected chi connectivity index (χ3v) is 4.62. The second-order valence-electron chi connectivity index (χ2n) is 6.16. The molecular weight excluding hydrogens is 349 g/mol. The molecule has 1 amide bonds.